The Morgan fingerprint density at radius 2 is 2.09 bits per heavy atom. The van der Waals surface area contributed by atoms with Gasteiger partial charge in [0.25, 0.3) is 0 Å². The smallest absolute Gasteiger partial charge is 0.407 e. The number of hydrogen-bond donors (Lipinski definition) is 2. The highest BCUT2D eigenvalue weighted by Crippen LogP contribution is 2.27. The highest BCUT2D eigenvalue weighted by Gasteiger charge is 2.27. The first-order chi connectivity index (χ1) is 15.8. The van der Waals surface area contributed by atoms with Crippen LogP contribution >= 0.6 is 11.6 Å². The molecule has 0 fully saturated rings. The summed E-state index contributed by atoms with van der Waals surface area (Å²) in [5, 5.41) is 2.79. The van der Waals surface area contributed by atoms with Gasteiger partial charge < -0.3 is 29.8 Å². The second kappa shape index (κ2) is 9.70. The molecular weight excluding hydrogens is 444 g/mol. The predicted octanol–water partition coefficient (Wildman–Crippen LogP) is 3.20. The molecule has 0 radical (unpaired) electrons. The molecule has 10 nitrogen and oxygen atoms in total. The Kier molecular flexibility index (Phi) is 6.73. The first-order valence-corrected chi connectivity index (χ1v) is 11.4. The molecule has 33 heavy (non-hydrogen) atoms. The van der Waals surface area contributed by atoms with Crippen LogP contribution in [0.4, 0.5) is 10.6 Å². The number of hydrogen-bond acceptors (Lipinski definition) is 7. The predicted molar refractivity (Wildman–Crippen MR) is 129 cm³/mol. The molecule has 0 aliphatic carbocycles. The third-order valence-corrected chi connectivity index (χ3v) is 6.00. The number of unbranched alkanes of at least 4 members (excludes halogenated alkanes) is 1. The van der Waals surface area contributed by atoms with Gasteiger partial charge >= 0.3 is 6.09 Å². The minimum atomic E-state index is -0.549. The fourth-order valence-corrected chi connectivity index (χ4v) is 4.02. The van der Waals surface area contributed by atoms with Crippen LogP contribution in [0.25, 0.3) is 11.0 Å². The second-order valence-electron chi connectivity index (χ2n) is 8.31. The van der Waals surface area contributed by atoms with Crippen molar-refractivity contribution in [1.29, 1.82) is 0 Å². The van der Waals surface area contributed by atoms with Crippen molar-refractivity contribution in [2.24, 2.45) is 10.7 Å². The van der Waals surface area contributed by atoms with Crippen LogP contribution in [0.2, 0.25) is 0 Å². The van der Waals surface area contributed by atoms with Crippen LogP contribution in [-0.2, 0) is 17.8 Å². The molecular formula is C22H29ClN8O2. The molecule has 1 unspecified atom stereocenters. The molecule has 0 bridgehead atoms. The monoisotopic (exact) mass is 472 g/mol. The number of amidine groups is 1. The van der Waals surface area contributed by atoms with Crippen molar-refractivity contribution in [3.63, 3.8) is 0 Å². The highest BCUT2D eigenvalue weighted by atomic mass is 35.5. The summed E-state index contributed by atoms with van der Waals surface area (Å²) in [6, 6.07) is 6.36. The van der Waals surface area contributed by atoms with Gasteiger partial charge in [0.05, 0.1) is 30.3 Å². The van der Waals surface area contributed by atoms with Gasteiger partial charge in [-0.05, 0) is 44.4 Å². The lowest BCUT2D eigenvalue weighted by Crippen LogP contribution is -2.36. The SMILES string of the molecule is CC(C)n1cnc2cc(CNC(=O)OCCCCn3cnc4c3N(C)C(Cl)N=C4N)ccc21. The number of anilines is 1. The van der Waals surface area contributed by atoms with Gasteiger partial charge in [0.1, 0.15) is 11.5 Å². The third-order valence-electron chi connectivity index (χ3n) is 5.61. The van der Waals surface area contributed by atoms with Crippen LogP contribution in [0, 0.1) is 0 Å². The summed E-state index contributed by atoms with van der Waals surface area (Å²) >= 11 is 6.20. The number of amides is 1. The Balaban J connectivity index is 1.20. The van der Waals surface area contributed by atoms with Gasteiger partial charge in [-0.1, -0.05) is 17.7 Å². The zero-order valence-corrected chi connectivity index (χ0v) is 19.8. The van der Waals surface area contributed by atoms with E-state index in [0.717, 1.165) is 35.3 Å². The normalized spacial score (nSPS) is 15.6. The molecule has 2 aromatic heterocycles. The number of benzene rings is 1. The minimum absolute atomic E-state index is 0.331. The lowest BCUT2D eigenvalue weighted by Gasteiger charge is -2.27. The van der Waals surface area contributed by atoms with E-state index in [-0.39, 0.29) is 0 Å². The summed E-state index contributed by atoms with van der Waals surface area (Å²) in [7, 11) is 1.85. The first-order valence-electron chi connectivity index (χ1n) is 11.0. The van der Waals surface area contributed by atoms with Crippen molar-refractivity contribution in [2.45, 2.75) is 51.4 Å². The maximum atomic E-state index is 12.1. The Morgan fingerprint density at radius 1 is 1.27 bits per heavy atom. The number of carbonyl (C=O) groups excluding carboxylic acids is 1. The summed E-state index contributed by atoms with van der Waals surface area (Å²) in [5.41, 5.74) is 8.99. The molecule has 1 aliphatic heterocycles. The minimum Gasteiger partial charge on any atom is -0.450 e. The van der Waals surface area contributed by atoms with E-state index < -0.39 is 11.7 Å². The van der Waals surface area contributed by atoms with Gasteiger partial charge in [0, 0.05) is 26.2 Å². The largest absolute Gasteiger partial charge is 0.450 e. The number of alkyl carbamates (subject to hydrolysis) is 1. The molecule has 176 valence electrons. The summed E-state index contributed by atoms with van der Waals surface area (Å²) < 4.78 is 9.42. The number of nitrogens with two attached hydrogens (primary N) is 1. The average molecular weight is 473 g/mol. The number of nitrogens with one attached hydrogen (secondary N) is 1. The van der Waals surface area contributed by atoms with Crippen molar-refractivity contribution in [2.75, 3.05) is 18.6 Å². The molecule has 1 amide bonds. The number of alkyl halides is 1. The van der Waals surface area contributed by atoms with Crippen LogP contribution in [0.5, 0.6) is 0 Å². The van der Waals surface area contributed by atoms with E-state index in [9.17, 15) is 4.79 Å². The van der Waals surface area contributed by atoms with E-state index in [1.807, 2.05) is 41.0 Å². The lowest BCUT2D eigenvalue weighted by molar-refractivity contribution is 0.143. The first kappa shape index (κ1) is 22.9. The number of halogens is 1. The fraction of sp³-hybridized carbons (Fsp3) is 0.455. The number of ether oxygens (including phenoxy) is 1. The number of rotatable bonds is 8. The second-order valence-corrected chi connectivity index (χ2v) is 8.70. The van der Waals surface area contributed by atoms with Crippen molar-refractivity contribution in [1.82, 2.24) is 24.4 Å². The Labute approximate surface area is 197 Å². The van der Waals surface area contributed by atoms with E-state index in [0.29, 0.717) is 37.3 Å². The van der Waals surface area contributed by atoms with Crippen LogP contribution in [0.3, 0.4) is 0 Å². The van der Waals surface area contributed by atoms with Gasteiger partial charge in [0.2, 0.25) is 5.62 Å². The van der Waals surface area contributed by atoms with Crippen molar-refractivity contribution in [3.8, 4) is 0 Å². The topological polar surface area (TPSA) is 116 Å². The molecule has 1 atom stereocenters. The zero-order valence-electron chi connectivity index (χ0n) is 19.0. The number of aromatic nitrogens is 4. The quantitative estimate of drug-likeness (QED) is 0.295. The molecule has 0 spiro atoms. The average Bonchev–Trinajstić information content (AvgIpc) is 3.40. The highest BCUT2D eigenvalue weighted by molar-refractivity contribution is 6.23. The van der Waals surface area contributed by atoms with Crippen LogP contribution < -0.4 is 16.0 Å². The van der Waals surface area contributed by atoms with Crippen LogP contribution in [-0.4, -0.2) is 50.3 Å². The molecule has 3 heterocycles. The summed E-state index contributed by atoms with van der Waals surface area (Å²) in [5.74, 6) is 1.19. The maximum absolute atomic E-state index is 12.1. The molecule has 0 saturated carbocycles. The fourth-order valence-electron chi connectivity index (χ4n) is 3.83. The number of carbonyl (C=O) groups is 1. The molecule has 0 saturated heterocycles. The lowest BCUT2D eigenvalue weighted by atomic mass is 10.2. The Morgan fingerprint density at radius 3 is 2.88 bits per heavy atom. The Hall–Kier alpha value is -3.27. The number of aliphatic imine (C=N–C) groups is 1. The van der Waals surface area contributed by atoms with E-state index in [4.69, 9.17) is 22.1 Å². The van der Waals surface area contributed by atoms with Gasteiger partial charge in [-0.25, -0.2) is 19.8 Å². The number of imidazole rings is 2. The Bertz CT molecular complexity index is 1170. The van der Waals surface area contributed by atoms with Gasteiger partial charge in [0.15, 0.2) is 5.84 Å². The van der Waals surface area contributed by atoms with Crippen molar-refractivity contribution in [3.05, 3.63) is 42.1 Å². The molecule has 4 rings (SSSR count). The zero-order chi connectivity index (χ0) is 23.5. The molecule has 11 heteroatoms. The van der Waals surface area contributed by atoms with Crippen molar-refractivity contribution >= 4 is 40.4 Å². The molecule has 3 N–H and O–H groups in total. The van der Waals surface area contributed by atoms with Gasteiger partial charge in [-0.3, -0.25) is 0 Å². The number of nitrogens with zero attached hydrogens (tertiary/aromatic N) is 6. The number of fused-ring (bicyclic) bond motifs is 2. The molecule has 1 aromatic carbocycles. The van der Waals surface area contributed by atoms with Crippen LogP contribution in [0.1, 0.15) is 44.0 Å². The number of aryl methyl sites for hydroxylation is 1. The van der Waals surface area contributed by atoms with Crippen molar-refractivity contribution < 1.29 is 9.53 Å². The summed E-state index contributed by atoms with van der Waals surface area (Å²) in [6.45, 7) is 5.66. The van der Waals surface area contributed by atoms with Crippen LogP contribution in [0.15, 0.2) is 35.8 Å². The van der Waals surface area contributed by atoms with Gasteiger partial charge in [-0.2, -0.15) is 0 Å². The third kappa shape index (κ3) is 4.90. The van der Waals surface area contributed by atoms with E-state index in [2.05, 4.69) is 38.7 Å². The van der Waals surface area contributed by atoms with E-state index in [1.165, 1.54) is 0 Å². The molecule has 3 aromatic rings. The summed E-state index contributed by atoms with van der Waals surface area (Å²) in [6.07, 6.45) is 4.67. The van der Waals surface area contributed by atoms with E-state index in [1.54, 1.807) is 6.33 Å². The van der Waals surface area contributed by atoms with Gasteiger partial charge in [-0.15, -0.1) is 0 Å². The molecule has 1 aliphatic rings. The standard InChI is InChI=1S/C22H29ClN8O2/c1-14(2)31-13-26-16-10-15(6-7-17(16)31)11-25-22(32)33-9-5-4-8-30-12-27-18-19(24)28-21(23)29(3)20(18)30/h6-7,10,12-14,21H,4-5,8-9,11H2,1-3H3,(H2,24,28)(H,25,32). The van der Waals surface area contributed by atoms with E-state index >= 15 is 0 Å². The maximum Gasteiger partial charge on any atom is 0.407 e. The summed E-state index contributed by atoms with van der Waals surface area (Å²) in [4.78, 5) is 26.8.